The van der Waals surface area contributed by atoms with Gasteiger partial charge >= 0.3 is 5.00 Å². The van der Waals surface area contributed by atoms with Gasteiger partial charge in [0.25, 0.3) is 5.91 Å². The zero-order chi connectivity index (χ0) is 20.5. The van der Waals surface area contributed by atoms with Crippen LogP contribution in [0, 0.1) is 10.1 Å². The number of thiophene rings is 1. The summed E-state index contributed by atoms with van der Waals surface area (Å²) in [6.45, 7) is 3.84. The molecule has 1 aromatic heterocycles. The largest absolute Gasteiger partial charge is 0.324 e. The van der Waals surface area contributed by atoms with Crippen molar-refractivity contribution in [2.24, 2.45) is 0 Å². The highest BCUT2D eigenvalue weighted by atomic mass is 32.2. The highest BCUT2D eigenvalue weighted by Gasteiger charge is 2.35. The quantitative estimate of drug-likeness (QED) is 0.580. The average Bonchev–Trinajstić information content (AvgIpc) is 3.12. The SMILES string of the molecule is C[C@H]1CCC[C@H](C)N1S(=O)(=O)c1ccc(NC(=O)c2csc([N+](=O)[O-])c2)cc1. The van der Waals surface area contributed by atoms with E-state index < -0.39 is 20.9 Å². The minimum atomic E-state index is -3.62. The molecule has 10 heteroatoms. The van der Waals surface area contributed by atoms with Gasteiger partial charge < -0.3 is 5.32 Å². The first-order chi connectivity index (χ1) is 13.2. The van der Waals surface area contributed by atoms with Crippen molar-refractivity contribution in [3.8, 4) is 0 Å². The van der Waals surface area contributed by atoms with Crippen molar-refractivity contribution in [2.75, 3.05) is 5.32 Å². The lowest BCUT2D eigenvalue weighted by molar-refractivity contribution is -0.380. The number of sulfonamides is 1. The van der Waals surface area contributed by atoms with E-state index in [-0.39, 0.29) is 27.5 Å². The Morgan fingerprint density at radius 3 is 2.36 bits per heavy atom. The molecule has 2 aromatic rings. The summed E-state index contributed by atoms with van der Waals surface area (Å²) in [5.41, 5.74) is 0.599. The molecule has 0 radical (unpaired) electrons. The van der Waals surface area contributed by atoms with Crippen molar-refractivity contribution in [2.45, 2.75) is 50.1 Å². The van der Waals surface area contributed by atoms with Gasteiger partial charge in [-0.3, -0.25) is 14.9 Å². The monoisotopic (exact) mass is 423 g/mol. The zero-order valence-electron chi connectivity index (χ0n) is 15.5. The number of benzene rings is 1. The number of hydrogen-bond acceptors (Lipinski definition) is 6. The van der Waals surface area contributed by atoms with E-state index in [0.717, 1.165) is 30.6 Å². The number of rotatable bonds is 5. The van der Waals surface area contributed by atoms with Crippen LogP contribution >= 0.6 is 11.3 Å². The van der Waals surface area contributed by atoms with Crippen LogP contribution in [0.25, 0.3) is 0 Å². The van der Waals surface area contributed by atoms with E-state index in [1.54, 1.807) is 4.31 Å². The third kappa shape index (κ3) is 4.08. The van der Waals surface area contributed by atoms with Crippen molar-refractivity contribution >= 4 is 38.0 Å². The fourth-order valence-electron chi connectivity index (χ4n) is 3.45. The molecule has 1 aliphatic heterocycles. The Morgan fingerprint density at radius 1 is 1.21 bits per heavy atom. The third-order valence-electron chi connectivity index (χ3n) is 4.83. The van der Waals surface area contributed by atoms with Gasteiger partial charge in [0.15, 0.2) is 0 Å². The van der Waals surface area contributed by atoms with Crippen molar-refractivity contribution in [1.82, 2.24) is 4.31 Å². The smallest absolute Gasteiger partial charge is 0.322 e. The van der Waals surface area contributed by atoms with Crippen LogP contribution in [0.15, 0.2) is 40.6 Å². The molecule has 1 aromatic carbocycles. The molecule has 1 amide bonds. The lowest BCUT2D eigenvalue weighted by Crippen LogP contribution is -2.47. The number of hydrogen-bond donors (Lipinski definition) is 1. The number of piperidine rings is 1. The topological polar surface area (TPSA) is 110 Å². The molecule has 0 aliphatic carbocycles. The Balaban J connectivity index is 1.75. The normalized spacial score (nSPS) is 20.6. The first-order valence-electron chi connectivity index (χ1n) is 8.88. The van der Waals surface area contributed by atoms with Gasteiger partial charge in [-0.15, -0.1) is 0 Å². The highest BCUT2D eigenvalue weighted by molar-refractivity contribution is 7.89. The molecule has 150 valence electrons. The summed E-state index contributed by atoms with van der Waals surface area (Å²) < 4.78 is 27.6. The van der Waals surface area contributed by atoms with Crippen LogP contribution in [-0.2, 0) is 10.0 Å². The van der Waals surface area contributed by atoms with E-state index in [2.05, 4.69) is 5.32 Å². The first-order valence-corrected chi connectivity index (χ1v) is 11.2. The predicted octanol–water partition coefficient (Wildman–Crippen LogP) is 3.86. The minimum absolute atomic E-state index is 0.0532. The van der Waals surface area contributed by atoms with Gasteiger partial charge in [-0.2, -0.15) is 4.31 Å². The fourth-order valence-corrected chi connectivity index (χ4v) is 6.03. The average molecular weight is 424 g/mol. The molecule has 0 spiro atoms. The Hall–Kier alpha value is -2.30. The van der Waals surface area contributed by atoms with Crippen LogP contribution < -0.4 is 5.32 Å². The van der Waals surface area contributed by atoms with Gasteiger partial charge in [0.2, 0.25) is 10.0 Å². The van der Waals surface area contributed by atoms with Gasteiger partial charge in [0.05, 0.1) is 15.4 Å². The van der Waals surface area contributed by atoms with Crippen LogP contribution in [0.3, 0.4) is 0 Å². The summed E-state index contributed by atoms with van der Waals surface area (Å²) in [4.78, 5) is 22.6. The first kappa shape index (κ1) is 20.4. The van der Waals surface area contributed by atoms with Crippen molar-refractivity contribution < 1.29 is 18.1 Å². The number of carbonyl (C=O) groups is 1. The fraction of sp³-hybridized carbons (Fsp3) is 0.389. The molecule has 1 saturated heterocycles. The predicted molar refractivity (Wildman–Crippen MR) is 107 cm³/mol. The molecular weight excluding hydrogens is 402 g/mol. The Morgan fingerprint density at radius 2 is 1.82 bits per heavy atom. The molecule has 1 N–H and O–H groups in total. The molecule has 3 rings (SSSR count). The van der Waals surface area contributed by atoms with Crippen LogP contribution in [0.1, 0.15) is 43.5 Å². The maximum Gasteiger partial charge on any atom is 0.324 e. The number of nitrogens with one attached hydrogen (secondary N) is 1. The van der Waals surface area contributed by atoms with Gasteiger partial charge in [-0.1, -0.05) is 17.8 Å². The number of carbonyl (C=O) groups excluding carboxylic acids is 1. The van der Waals surface area contributed by atoms with E-state index in [1.165, 1.54) is 35.7 Å². The second-order valence-corrected chi connectivity index (χ2v) is 9.61. The Bertz CT molecular complexity index is 975. The maximum absolute atomic E-state index is 13.0. The molecule has 1 fully saturated rings. The summed E-state index contributed by atoms with van der Waals surface area (Å²) >= 11 is 0.874. The molecule has 0 bridgehead atoms. The van der Waals surface area contributed by atoms with Crippen molar-refractivity contribution in [1.29, 1.82) is 0 Å². The standard InChI is InChI=1S/C18H21N3O5S2/c1-12-4-3-5-13(2)20(12)28(25,26)16-8-6-15(7-9-16)19-18(22)14-10-17(21(23)24)27-11-14/h6-13H,3-5H2,1-2H3,(H,19,22)/t12-,13-/m0/s1. The van der Waals surface area contributed by atoms with E-state index in [0.29, 0.717) is 5.69 Å². The molecule has 8 nitrogen and oxygen atoms in total. The molecular formula is C18H21N3O5S2. The van der Waals surface area contributed by atoms with Crippen LogP contribution in [0.5, 0.6) is 0 Å². The lowest BCUT2D eigenvalue weighted by atomic mass is 10.0. The van der Waals surface area contributed by atoms with Crippen LogP contribution in [-0.4, -0.2) is 35.6 Å². The number of anilines is 1. The molecule has 0 unspecified atom stereocenters. The highest BCUT2D eigenvalue weighted by Crippen LogP contribution is 2.30. The molecule has 2 atom stereocenters. The minimum Gasteiger partial charge on any atom is -0.322 e. The Kier molecular flexibility index (Phi) is 5.82. The van der Waals surface area contributed by atoms with Crippen LogP contribution in [0.2, 0.25) is 0 Å². The molecule has 0 saturated carbocycles. The molecule has 2 heterocycles. The van der Waals surface area contributed by atoms with Crippen LogP contribution in [0.4, 0.5) is 10.7 Å². The Labute approximate surface area is 167 Å². The number of nitrogens with zero attached hydrogens (tertiary/aromatic N) is 2. The second-order valence-electron chi connectivity index (χ2n) is 6.87. The summed E-state index contributed by atoms with van der Waals surface area (Å²) in [5.74, 6) is -0.488. The van der Waals surface area contributed by atoms with Gasteiger partial charge in [-0.25, -0.2) is 8.42 Å². The number of nitro groups is 1. The van der Waals surface area contributed by atoms with Crippen molar-refractivity contribution in [3.63, 3.8) is 0 Å². The summed E-state index contributed by atoms with van der Waals surface area (Å²) in [7, 11) is -3.62. The van der Waals surface area contributed by atoms with E-state index in [9.17, 15) is 23.3 Å². The van der Waals surface area contributed by atoms with E-state index in [4.69, 9.17) is 0 Å². The van der Waals surface area contributed by atoms with Gasteiger partial charge in [0.1, 0.15) is 0 Å². The second kappa shape index (κ2) is 7.98. The zero-order valence-corrected chi connectivity index (χ0v) is 17.1. The molecule has 1 aliphatic rings. The van der Waals surface area contributed by atoms with E-state index in [1.807, 2.05) is 13.8 Å². The van der Waals surface area contributed by atoms with Gasteiger partial charge in [-0.05, 0) is 51.0 Å². The summed E-state index contributed by atoms with van der Waals surface area (Å²) in [6, 6.07) is 7.07. The maximum atomic E-state index is 13.0. The van der Waals surface area contributed by atoms with Gasteiger partial charge in [0, 0.05) is 29.2 Å². The number of amides is 1. The molecule has 28 heavy (non-hydrogen) atoms. The summed E-state index contributed by atoms with van der Waals surface area (Å²) in [5, 5.41) is 14.6. The lowest BCUT2D eigenvalue weighted by Gasteiger charge is -2.37. The van der Waals surface area contributed by atoms with E-state index >= 15 is 0 Å². The summed E-state index contributed by atoms with van der Waals surface area (Å²) in [6.07, 6.45) is 2.69. The van der Waals surface area contributed by atoms with Crippen molar-refractivity contribution in [3.05, 3.63) is 51.4 Å². The third-order valence-corrected chi connectivity index (χ3v) is 7.85.